The first-order valence-electron chi connectivity index (χ1n) is 2.71. The van der Waals surface area contributed by atoms with Gasteiger partial charge in [-0.25, -0.2) is 0 Å². The van der Waals surface area contributed by atoms with Crippen LogP contribution in [-0.4, -0.2) is 16.1 Å². The van der Waals surface area contributed by atoms with Gasteiger partial charge in [-0.05, 0) is 12.1 Å². The average molecular weight is 143 g/mol. The molecule has 3 heteroatoms. The maximum absolute atomic E-state index is 9.47. The Hall–Kier alpha value is -0.833. The van der Waals surface area contributed by atoms with Crippen molar-refractivity contribution in [3.63, 3.8) is 0 Å². The summed E-state index contributed by atoms with van der Waals surface area (Å²) in [6.07, 6.45) is 2.99. The van der Waals surface area contributed by atoms with E-state index in [0.29, 0.717) is 0 Å². The topological polar surface area (TPSA) is 43.1 Å². The highest BCUT2D eigenvalue weighted by atomic mass is 28.1. The van der Waals surface area contributed by atoms with Gasteiger partial charge in [-0.2, -0.15) is 0 Å². The van der Waals surface area contributed by atoms with E-state index in [4.69, 9.17) is 0 Å². The Labute approximate surface area is 58.9 Å². The molecule has 0 aromatic rings. The molecule has 0 bridgehead atoms. The van der Waals surface area contributed by atoms with Crippen LogP contribution >= 0.6 is 0 Å². The maximum atomic E-state index is 9.47. The first-order valence-corrected chi connectivity index (χ1v) is 4.13. The molecule has 0 heterocycles. The smallest absolute Gasteiger partial charge is 0.240 e. The second-order valence-corrected chi connectivity index (χ2v) is 2.12. The van der Waals surface area contributed by atoms with Crippen molar-refractivity contribution in [2.24, 2.45) is 5.73 Å². The molecule has 52 valence electrons. The molecule has 0 radical (unpaired) electrons. The van der Waals surface area contributed by atoms with Gasteiger partial charge in [0.05, 0.1) is 0 Å². The molecular weight excluding hydrogens is 130 g/mol. The van der Waals surface area contributed by atoms with E-state index in [2.05, 4.69) is 18.9 Å². The number of carbonyl (C=O) groups is 1. The molecule has 0 atom stereocenters. The first-order chi connectivity index (χ1) is 4.18. The number of hydrogen-bond acceptors (Lipinski definition) is 1. The fraction of sp³-hybridized carbons (Fsp3) is 0.167. The van der Waals surface area contributed by atoms with Gasteiger partial charge in [-0.3, -0.25) is 4.79 Å². The Morgan fingerprint density at radius 3 is 1.89 bits per heavy atom. The standard InChI is InChI=1S/C3H5NO.C3H8Si/c1-2-3(4)5;1-2-3-4/h2H,1H2,(H2,4,5);2H,1,3H2,4H3. The van der Waals surface area contributed by atoms with E-state index in [1.807, 2.05) is 6.08 Å². The SMILES string of the molecule is C=CC(N)=O.C=CC[SiH3]. The molecule has 0 rings (SSSR count). The molecule has 0 unspecified atom stereocenters. The van der Waals surface area contributed by atoms with Crippen molar-refractivity contribution in [1.29, 1.82) is 0 Å². The third-order valence-electron chi connectivity index (χ3n) is 0.490. The molecule has 0 saturated carbocycles. The number of nitrogens with two attached hydrogens (primary N) is 1. The lowest BCUT2D eigenvalue weighted by Crippen LogP contribution is -2.04. The lowest BCUT2D eigenvalue weighted by molar-refractivity contribution is -0.113. The van der Waals surface area contributed by atoms with Crippen molar-refractivity contribution in [2.75, 3.05) is 0 Å². The largest absolute Gasteiger partial charge is 0.366 e. The molecule has 0 saturated heterocycles. The van der Waals surface area contributed by atoms with Crippen molar-refractivity contribution in [3.05, 3.63) is 25.3 Å². The Morgan fingerprint density at radius 2 is 1.89 bits per heavy atom. The van der Waals surface area contributed by atoms with Gasteiger partial charge < -0.3 is 5.73 Å². The van der Waals surface area contributed by atoms with E-state index >= 15 is 0 Å². The Balaban J connectivity index is 0. The second kappa shape index (κ2) is 10.2. The Morgan fingerprint density at radius 1 is 1.67 bits per heavy atom. The molecule has 0 fully saturated rings. The first kappa shape index (κ1) is 11.0. The average Bonchev–Trinajstić information content (AvgIpc) is 1.89. The quantitative estimate of drug-likeness (QED) is 0.319. The summed E-state index contributed by atoms with van der Waals surface area (Å²) in [5, 5.41) is 0. The molecule has 0 aromatic carbocycles. The number of rotatable bonds is 2. The van der Waals surface area contributed by atoms with Crippen LogP contribution in [0.2, 0.25) is 6.04 Å². The van der Waals surface area contributed by atoms with Gasteiger partial charge in [0.1, 0.15) is 0 Å². The van der Waals surface area contributed by atoms with Crippen molar-refractivity contribution in [3.8, 4) is 0 Å². The fourth-order valence-corrected chi connectivity index (χ4v) is 0. The van der Waals surface area contributed by atoms with E-state index in [0.717, 1.165) is 6.08 Å². The van der Waals surface area contributed by atoms with Gasteiger partial charge in [0, 0.05) is 10.2 Å². The fourth-order valence-electron chi connectivity index (χ4n) is 0. The predicted molar refractivity (Wildman–Crippen MR) is 44.3 cm³/mol. The van der Waals surface area contributed by atoms with Crippen LogP contribution in [0.15, 0.2) is 25.3 Å². The molecule has 0 aliphatic rings. The second-order valence-electron chi connectivity index (χ2n) is 1.30. The summed E-state index contributed by atoms with van der Waals surface area (Å²) in [5.74, 6) is -0.481. The molecule has 0 aliphatic carbocycles. The molecule has 1 amide bonds. The zero-order valence-corrected chi connectivity index (χ0v) is 7.76. The number of amides is 1. The zero-order chi connectivity index (χ0) is 7.70. The van der Waals surface area contributed by atoms with Gasteiger partial charge in [0.2, 0.25) is 5.91 Å². The maximum Gasteiger partial charge on any atom is 0.240 e. The van der Waals surface area contributed by atoms with Crippen LogP contribution in [0.4, 0.5) is 0 Å². The van der Waals surface area contributed by atoms with Crippen LogP contribution in [0.1, 0.15) is 0 Å². The highest BCUT2D eigenvalue weighted by molar-refractivity contribution is 6.09. The summed E-state index contributed by atoms with van der Waals surface area (Å²) >= 11 is 0. The van der Waals surface area contributed by atoms with Gasteiger partial charge in [0.15, 0.2) is 0 Å². The van der Waals surface area contributed by atoms with E-state index in [9.17, 15) is 4.79 Å². The van der Waals surface area contributed by atoms with Crippen LogP contribution in [0.3, 0.4) is 0 Å². The number of allylic oxidation sites excluding steroid dienone is 1. The lowest BCUT2D eigenvalue weighted by Gasteiger charge is -1.65. The molecular formula is C6H13NOSi. The third kappa shape index (κ3) is 40.7. The molecule has 0 aliphatic heterocycles. The minimum Gasteiger partial charge on any atom is -0.366 e. The van der Waals surface area contributed by atoms with Crippen molar-refractivity contribution in [2.45, 2.75) is 6.04 Å². The van der Waals surface area contributed by atoms with Gasteiger partial charge in [0.25, 0.3) is 0 Å². The minimum atomic E-state index is -0.481. The van der Waals surface area contributed by atoms with E-state index in [1.54, 1.807) is 0 Å². The highest BCUT2D eigenvalue weighted by Crippen LogP contribution is 1.61. The van der Waals surface area contributed by atoms with Crippen molar-refractivity contribution in [1.82, 2.24) is 0 Å². The van der Waals surface area contributed by atoms with Crippen LogP contribution in [0.5, 0.6) is 0 Å². The molecule has 2 nitrogen and oxygen atoms in total. The third-order valence-corrected chi connectivity index (χ3v) is 1.07. The Bertz CT molecular complexity index is 101. The molecule has 2 N–H and O–H groups in total. The van der Waals surface area contributed by atoms with Crippen molar-refractivity contribution < 1.29 is 4.79 Å². The molecule has 0 spiro atoms. The summed E-state index contributed by atoms with van der Waals surface area (Å²) in [6.45, 7) is 6.60. The van der Waals surface area contributed by atoms with Crippen LogP contribution in [0.25, 0.3) is 0 Å². The summed E-state index contributed by atoms with van der Waals surface area (Å²) in [4.78, 5) is 9.47. The number of primary amides is 1. The Kier molecular flexibility index (Phi) is 12.5. The summed E-state index contributed by atoms with van der Waals surface area (Å²) in [5.41, 5.74) is 4.53. The van der Waals surface area contributed by atoms with Gasteiger partial charge >= 0.3 is 0 Å². The van der Waals surface area contributed by atoms with Crippen molar-refractivity contribution >= 4 is 16.1 Å². The highest BCUT2D eigenvalue weighted by Gasteiger charge is 1.69. The van der Waals surface area contributed by atoms with E-state index in [1.165, 1.54) is 16.3 Å². The van der Waals surface area contributed by atoms with E-state index < -0.39 is 5.91 Å². The number of hydrogen-bond donors (Lipinski definition) is 1. The summed E-state index contributed by atoms with van der Waals surface area (Å²) in [6, 6.07) is 1.22. The minimum absolute atomic E-state index is 0.481. The molecule has 9 heavy (non-hydrogen) atoms. The normalized spacial score (nSPS) is 6.67. The van der Waals surface area contributed by atoms with Gasteiger partial charge in [-0.15, -0.1) is 6.58 Å². The predicted octanol–water partition coefficient (Wildman–Crippen LogP) is -0.386. The van der Waals surface area contributed by atoms with Crippen LogP contribution in [0, 0.1) is 0 Å². The molecule has 0 aromatic heterocycles. The van der Waals surface area contributed by atoms with Crippen LogP contribution < -0.4 is 5.73 Å². The number of carbonyl (C=O) groups excluding carboxylic acids is 1. The zero-order valence-electron chi connectivity index (χ0n) is 5.76. The lowest BCUT2D eigenvalue weighted by atomic mass is 10.6. The summed E-state index contributed by atoms with van der Waals surface area (Å²) < 4.78 is 0. The monoisotopic (exact) mass is 143 g/mol. The van der Waals surface area contributed by atoms with Gasteiger partial charge in [-0.1, -0.05) is 12.7 Å². The van der Waals surface area contributed by atoms with Crippen LogP contribution in [-0.2, 0) is 4.79 Å². The van der Waals surface area contributed by atoms with E-state index in [-0.39, 0.29) is 0 Å². The summed E-state index contributed by atoms with van der Waals surface area (Å²) in [7, 11) is 1.27.